The number of halogens is 1. The summed E-state index contributed by atoms with van der Waals surface area (Å²) in [4.78, 5) is 17.3. The van der Waals surface area contributed by atoms with Crippen LogP contribution >= 0.6 is 11.6 Å². The normalized spacial score (nSPS) is 14.4. The van der Waals surface area contributed by atoms with Crippen LogP contribution in [0.4, 0.5) is 5.82 Å². The molecule has 0 amide bonds. The molecule has 2 heterocycles. The third kappa shape index (κ3) is 4.34. The van der Waals surface area contributed by atoms with Gasteiger partial charge in [-0.25, -0.2) is 9.78 Å². The Kier molecular flexibility index (Phi) is 5.82. The number of pyridine rings is 1. The predicted octanol–water partition coefficient (Wildman–Crippen LogP) is 6.62. The molecule has 32 heavy (non-hydrogen) atoms. The van der Waals surface area contributed by atoms with Crippen molar-refractivity contribution in [3.8, 4) is 17.0 Å². The number of anilines is 1. The second-order valence-corrected chi connectivity index (χ2v) is 8.57. The molecule has 0 spiro atoms. The van der Waals surface area contributed by atoms with Gasteiger partial charge in [0.25, 0.3) is 0 Å². The Labute approximate surface area is 192 Å². The Morgan fingerprint density at radius 3 is 2.47 bits per heavy atom. The number of carbonyl (C=O) groups excluding carboxylic acids is 1. The molecule has 2 aromatic heterocycles. The maximum absolute atomic E-state index is 12.4. The van der Waals surface area contributed by atoms with E-state index < -0.39 is 5.97 Å². The van der Waals surface area contributed by atoms with Crippen LogP contribution < -0.4 is 10.1 Å². The van der Waals surface area contributed by atoms with Gasteiger partial charge >= 0.3 is 5.97 Å². The maximum atomic E-state index is 12.4. The average Bonchev–Trinajstić information content (AvgIpc) is 3.19. The van der Waals surface area contributed by atoms with Gasteiger partial charge in [-0.3, -0.25) is 4.40 Å². The summed E-state index contributed by atoms with van der Waals surface area (Å²) in [6.45, 7) is 0. The van der Waals surface area contributed by atoms with E-state index in [4.69, 9.17) is 21.3 Å². The molecule has 1 saturated carbocycles. The van der Waals surface area contributed by atoms with Crippen LogP contribution in [0.2, 0.25) is 5.02 Å². The van der Waals surface area contributed by atoms with Crippen LogP contribution in [-0.2, 0) is 0 Å². The summed E-state index contributed by atoms with van der Waals surface area (Å²) in [5.41, 5.74) is 3.23. The molecule has 0 saturated heterocycles. The number of benzene rings is 2. The molecule has 5 rings (SSSR count). The molecule has 0 aliphatic heterocycles. The standard InChI is InChI=1S/C26H24ClN3O2/c27-20-13-9-19(10-14-20)26(31)32-22-15-11-18(12-16-22)24-25(28-21-6-2-1-3-7-21)30-17-5-4-8-23(30)29-24/h4-5,8-17,21,28H,1-3,6-7H2. The Hall–Kier alpha value is -3.31. The molecule has 0 radical (unpaired) electrons. The van der Waals surface area contributed by atoms with Gasteiger partial charge in [-0.15, -0.1) is 0 Å². The highest BCUT2D eigenvalue weighted by atomic mass is 35.5. The SMILES string of the molecule is O=C(Oc1ccc(-c2nc3ccccn3c2NC2CCCCC2)cc1)c1ccc(Cl)cc1. The van der Waals surface area contributed by atoms with Gasteiger partial charge in [0.2, 0.25) is 0 Å². The van der Waals surface area contributed by atoms with Crippen molar-refractivity contribution in [3.05, 3.63) is 83.5 Å². The van der Waals surface area contributed by atoms with Crippen molar-refractivity contribution in [1.29, 1.82) is 0 Å². The summed E-state index contributed by atoms with van der Waals surface area (Å²) in [7, 11) is 0. The van der Waals surface area contributed by atoms with Crippen LogP contribution in [0.25, 0.3) is 16.9 Å². The number of ether oxygens (including phenoxy) is 1. The molecule has 5 nitrogen and oxygen atoms in total. The van der Waals surface area contributed by atoms with Gasteiger partial charge < -0.3 is 10.1 Å². The van der Waals surface area contributed by atoms with Gasteiger partial charge in [-0.05, 0) is 73.5 Å². The van der Waals surface area contributed by atoms with Crippen molar-refractivity contribution in [2.24, 2.45) is 0 Å². The summed E-state index contributed by atoms with van der Waals surface area (Å²) in [5.74, 6) is 1.08. The first-order valence-electron chi connectivity index (χ1n) is 11.0. The number of esters is 1. The topological polar surface area (TPSA) is 55.6 Å². The number of carbonyl (C=O) groups is 1. The molecule has 1 fully saturated rings. The van der Waals surface area contributed by atoms with E-state index in [2.05, 4.69) is 9.72 Å². The summed E-state index contributed by atoms with van der Waals surface area (Å²) < 4.78 is 7.63. The van der Waals surface area contributed by atoms with Crippen LogP contribution in [0.3, 0.4) is 0 Å². The van der Waals surface area contributed by atoms with E-state index in [1.165, 1.54) is 32.1 Å². The van der Waals surface area contributed by atoms with E-state index in [0.717, 1.165) is 22.7 Å². The van der Waals surface area contributed by atoms with Crippen LogP contribution in [-0.4, -0.2) is 21.4 Å². The fraction of sp³-hybridized carbons (Fsp3) is 0.231. The molecule has 1 aliphatic carbocycles. The van der Waals surface area contributed by atoms with Crippen LogP contribution in [0.15, 0.2) is 72.9 Å². The second kappa shape index (κ2) is 9.05. The van der Waals surface area contributed by atoms with Crippen molar-refractivity contribution in [2.45, 2.75) is 38.1 Å². The van der Waals surface area contributed by atoms with Crippen LogP contribution in [0.5, 0.6) is 5.75 Å². The molecular formula is C26H24ClN3O2. The van der Waals surface area contributed by atoms with E-state index in [1.54, 1.807) is 36.4 Å². The van der Waals surface area contributed by atoms with Gasteiger partial charge in [-0.1, -0.05) is 36.9 Å². The third-order valence-electron chi connectivity index (χ3n) is 5.89. The van der Waals surface area contributed by atoms with Crippen LogP contribution in [0, 0.1) is 0 Å². The fourth-order valence-electron chi connectivity index (χ4n) is 4.21. The lowest BCUT2D eigenvalue weighted by Crippen LogP contribution is -2.23. The van der Waals surface area contributed by atoms with Crippen molar-refractivity contribution in [3.63, 3.8) is 0 Å². The van der Waals surface area contributed by atoms with Gasteiger partial charge in [-0.2, -0.15) is 0 Å². The molecule has 6 heteroatoms. The van der Waals surface area contributed by atoms with Crippen molar-refractivity contribution >= 4 is 29.0 Å². The van der Waals surface area contributed by atoms with E-state index in [-0.39, 0.29) is 0 Å². The lowest BCUT2D eigenvalue weighted by Gasteiger charge is -2.24. The van der Waals surface area contributed by atoms with Crippen molar-refractivity contribution in [1.82, 2.24) is 9.38 Å². The predicted molar refractivity (Wildman–Crippen MR) is 128 cm³/mol. The minimum Gasteiger partial charge on any atom is -0.423 e. The van der Waals surface area contributed by atoms with Crippen molar-refractivity contribution < 1.29 is 9.53 Å². The zero-order chi connectivity index (χ0) is 21.9. The van der Waals surface area contributed by atoms with E-state index in [0.29, 0.717) is 22.4 Å². The zero-order valence-corrected chi connectivity index (χ0v) is 18.4. The zero-order valence-electron chi connectivity index (χ0n) is 17.6. The Balaban J connectivity index is 1.40. The number of hydrogen-bond donors (Lipinski definition) is 1. The quantitative estimate of drug-likeness (QED) is 0.277. The minimum atomic E-state index is -0.415. The number of rotatable bonds is 5. The summed E-state index contributed by atoms with van der Waals surface area (Å²) in [6, 6.07) is 20.6. The lowest BCUT2D eigenvalue weighted by molar-refractivity contribution is 0.0735. The first-order valence-corrected chi connectivity index (χ1v) is 11.4. The number of fused-ring (bicyclic) bond motifs is 1. The molecule has 0 atom stereocenters. The smallest absolute Gasteiger partial charge is 0.343 e. The molecule has 162 valence electrons. The minimum absolute atomic E-state index is 0.415. The third-order valence-corrected chi connectivity index (χ3v) is 6.15. The van der Waals surface area contributed by atoms with Crippen LogP contribution in [0.1, 0.15) is 42.5 Å². The highest BCUT2D eigenvalue weighted by Crippen LogP contribution is 2.32. The van der Waals surface area contributed by atoms with Gasteiger partial charge in [0.05, 0.1) is 5.56 Å². The number of aromatic nitrogens is 2. The number of nitrogens with one attached hydrogen (secondary N) is 1. The molecule has 4 aromatic rings. The molecule has 1 N–H and O–H groups in total. The number of nitrogens with zero attached hydrogens (tertiary/aromatic N) is 2. The van der Waals surface area contributed by atoms with Crippen molar-refractivity contribution in [2.75, 3.05) is 5.32 Å². The number of hydrogen-bond acceptors (Lipinski definition) is 4. The van der Waals surface area contributed by atoms with E-state index >= 15 is 0 Å². The molecule has 1 aliphatic rings. The molecular weight excluding hydrogens is 422 g/mol. The Bertz CT molecular complexity index is 1230. The average molecular weight is 446 g/mol. The van der Waals surface area contributed by atoms with E-state index in [1.807, 2.05) is 36.5 Å². The largest absolute Gasteiger partial charge is 0.423 e. The molecule has 2 aromatic carbocycles. The Morgan fingerprint density at radius 1 is 0.969 bits per heavy atom. The van der Waals surface area contributed by atoms with Gasteiger partial charge in [0.15, 0.2) is 0 Å². The highest BCUT2D eigenvalue weighted by Gasteiger charge is 2.19. The number of imidazole rings is 1. The fourth-order valence-corrected chi connectivity index (χ4v) is 4.33. The first-order chi connectivity index (χ1) is 15.7. The Morgan fingerprint density at radius 2 is 1.72 bits per heavy atom. The monoisotopic (exact) mass is 445 g/mol. The highest BCUT2D eigenvalue weighted by molar-refractivity contribution is 6.30. The maximum Gasteiger partial charge on any atom is 0.343 e. The summed E-state index contributed by atoms with van der Waals surface area (Å²) in [6.07, 6.45) is 8.24. The second-order valence-electron chi connectivity index (χ2n) is 8.14. The summed E-state index contributed by atoms with van der Waals surface area (Å²) in [5, 5.41) is 4.33. The molecule has 0 unspecified atom stereocenters. The first kappa shape index (κ1) is 20.6. The molecule has 0 bridgehead atoms. The summed E-state index contributed by atoms with van der Waals surface area (Å²) >= 11 is 5.89. The van der Waals surface area contributed by atoms with E-state index in [9.17, 15) is 4.79 Å². The van der Waals surface area contributed by atoms with Gasteiger partial charge in [0, 0.05) is 22.8 Å². The van der Waals surface area contributed by atoms with Gasteiger partial charge in [0.1, 0.15) is 22.9 Å². The lowest BCUT2D eigenvalue weighted by atomic mass is 9.95.